The van der Waals surface area contributed by atoms with Gasteiger partial charge in [0.15, 0.2) is 0 Å². The fraction of sp³-hybridized carbons (Fsp3) is 0.214. The van der Waals surface area contributed by atoms with E-state index in [1.54, 1.807) is 18.7 Å². The number of nitrogens with one attached hydrogen (secondary N) is 1. The van der Waals surface area contributed by atoms with E-state index in [4.69, 9.17) is 4.74 Å². The highest BCUT2D eigenvalue weighted by Crippen LogP contribution is 2.28. The molecule has 2 aromatic heterocycles. The predicted octanol–water partition coefficient (Wildman–Crippen LogP) is 3.06. The number of fused-ring (bicyclic) bond motifs is 1. The summed E-state index contributed by atoms with van der Waals surface area (Å²) in [6.07, 6.45) is 1.65. The van der Waals surface area contributed by atoms with Crippen molar-refractivity contribution in [1.29, 1.82) is 0 Å². The van der Waals surface area contributed by atoms with Crippen LogP contribution in [0.5, 0.6) is 0 Å². The SMILES string of the molecule is COCc1ccccc1CNc1nc2sccn2c1[N+](=O)[O-]. The van der Waals surface area contributed by atoms with Gasteiger partial charge in [-0.3, -0.25) is 0 Å². The zero-order valence-corrected chi connectivity index (χ0v) is 12.7. The highest BCUT2D eigenvalue weighted by atomic mass is 32.1. The number of anilines is 1. The number of hydrogen-bond donors (Lipinski definition) is 1. The van der Waals surface area contributed by atoms with Gasteiger partial charge in [-0.05, 0) is 16.1 Å². The van der Waals surface area contributed by atoms with Crippen molar-refractivity contribution in [2.24, 2.45) is 0 Å². The number of ether oxygens (including phenoxy) is 1. The van der Waals surface area contributed by atoms with Crippen molar-refractivity contribution in [3.8, 4) is 0 Å². The molecular formula is C14H14N4O3S. The van der Waals surface area contributed by atoms with Crippen LogP contribution in [0, 0.1) is 10.1 Å². The number of benzene rings is 1. The molecule has 0 fully saturated rings. The number of nitro groups is 1. The molecule has 1 N–H and O–H groups in total. The summed E-state index contributed by atoms with van der Waals surface area (Å²) in [5, 5.41) is 16.1. The van der Waals surface area contributed by atoms with Crippen molar-refractivity contribution in [3.05, 3.63) is 57.1 Å². The molecule has 8 heteroatoms. The first kappa shape index (κ1) is 14.5. The number of rotatable bonds is 6. The number of thiazole rings is 1. The van der Waals surface area contributed by atoms with Crippen LogP contribution in [0.3, 0.4) is 0 Å². The van der Waals surface area contributed by atoms with Gasteiger partial charge < -0.3 is 20.2 Å². The number of hydrogen-bond acceptors (Lipinski definition) is 6. The molecule has 1 aromatic carbocycles. The predicted molar refractivity (Wildman–Crippen MR) is 84.2 cm³/mol. The summed E-state index contributed by atoms with van der Waals surface area (Å²) in [6, 6.07) is 7.80. The second-order valence-corrected chi connectivity index (χ2v) is 5.53. The Labute approximate surface area is 130 Å². The highest BCUT2D eigenvalue weighted by molar-refractivity contribution is 7.15. The van der Waals surface area contributed by atoms with E-state index in [0.717, 1.165) is 11.1 Å². The zero-order chi connectivity index (χ0) is 15.5. The van der Waals surface area contributed by atoms with Crippen molar-refractivity contribution in [2.75, 3.05) is 12.4 Å². The van der Waals surface area contributed by atoms with Gasteiger partial charge in [-0.15, -0.1) is 0 Å². The molecule has 114 valence electrons. The topological polar surface area (TPSA) is 81.7 Å². The van der Waals surface area contributed by atoms with E-state index in [1.165, 1.54) is 15.7 Å². The van der Waals surface area contributed by atoms with E-state index in [-0.39, 0.29) is 11.6 Å². The largest absolute Gasteiger partial charge is 0.380 e. The van der Waals surface area contributed by atoms with E-state index in [1.807, 2.05) is 24.3 Å². The number of aromatic nitrogens is 2. The third kappa shape index (κ3) is 2.66. The van der Waals surface area contributed by atoms with Crippen LogP contribution in [-0.4, -0.2) is 21.4 Å². The fourth-order valence-corrected chi connectivity index (χ4v) is 2.98. The number of imidazole rings is 1. The fourth-order valence-electron chi connectivity index (χ4n) is 2.27. The lowest BCUT2D eigenvalue weighted by Gasteiger charge is -2.09. The molecule has 0 aliphatic carbocycles. The lowest BCUT2D eigenvalue weighted by atomic mass is 10.1. The molecule has 0 aliphatic heterocycles. The smallest absolute Gasteiger partial charge is 0.372 e. The molecule has 2 heterocycles. The van der Waals surface area contributed by atoms with E-state index in [2.05, 4.69) is 10.3 Å². The first-order valence-corrected chi connectivity index (χ1v) is 7.48. The highest BCUT2D eigenvalue weighted by Gasteiger charge is 2.23. The van der Waals surface area contributed by atoms with Crippen LogP contribution in [0.15, 0.2) is 35.8 Å². The third-order valence-corrected chi connectivity index (χ3v) is 4.03. The van der Waals surface area contributed by atoms with Crippen LogP contribution in [0.25, 0.3) is 4.96 Å². The molecule has 0 spiro atoms. The Hall–Kier alpha value is -2.45. The summed E-state index contributed by atoms with van der Waals surface area (Å²) >= 11 is 1.36. The molecule has 0 atom stereocenters. The maximum Gasteiger partial charge on any atom is 0.372 e. The van der Waals surface area contributed by atoms with Crippen molar-refractivity contribution >= 4 is 27.9 Å². The maximum atomic E-state index is 11.3. The number of methoxy groups -OCH3 is 1. The first-order valence-electron chi connectivity index (χ1n) is 6.60. The summed E-state index contributed by atoms with van der Waals surface area (Å²) in [5.41, 5.74) is 2.07. The molecule has 0 unspecified atom stereocenters. The zero-order valence-electron chi connectivity index (χ0n) is 11.9. The molecule has 0 aliphatic rings. The Morgan fingerprint density at radius 3 is 2.91 bits per heavy atom. The van der Waals surface area contributed by atoms with E-state index in [9.17, 15) is 10.1 Å². The van der Waals surface area contributed by atoms with Gasteiger partial charge in [0.2, 0.25) is 5.82 Å². The van der Waals surface area contributed by atoms with Crippen molar-refractivity contribution in [3.63, 3.8) is 0 Å². The number of nitrogens with zero attached hydrogens (tertiary/aromatic N) is 3. The summed E-state index contributed by atoms with van der Waals surface area (Å²) < 4.78 is 6.64. The van der Waals surface area contributed by atoms with E-state index in [0.29, 0.717) is 18.1 Å². The minimum Gasteiger partial charge on any atom is -0.380 e. The minimum absolute atomic E-state index is 0.0412. The standard InChI is InChI=1S/C14H14N4O3S/c1-21-9-11-5-3-2-4-10(11)8-15-12-13(18(19)20)17-6-7-22-14(17)16-12/h2-7,15H,8-9H2,1H3. The van der Waals surface area contributed by atoms with Crippen LogP contribution in [0.2, 0.25) is 0 Å². The maximum absolute atomic E-state index is 11.3. The summed E-state index contributed by atoms with van der Waals surface area (Å²) in [5.74, 6) is 0.240. The molecule has 7 nitrogen and oxygen atoms in total. The Balaban J connectivity index is 1.87. The van der Waals surface area contributed by atoms with Gasteiger partial charge in [0.1, 0.15) is 6.20 Å². The van der Waals surface area contributed by atoms with Gasteiger partial charge >= 0.3 is 5.82 Å². The van der Waals surface area contributed by atoms with Crippen molar-refractivity contribution < 1.29 is 9.66 Å². The summed E-state index contributed by atoms with van der Waals surface area (Å²) in [6.45, 7) is 0.948. The van der Waals surface area contributed by atoms with Crippen LogP contribution >= 0.6 is 11.3 Å². The van der Waals surface area contributed by atoms with Gasteiger partial charge in [-0.1, -0.05) is 35.6 Å². The Morgan fingerprint density at radius 2 is 2.18 bits per heavy atom. The summed E-state index contributed by atoms with van der Waals surface area (Å²) in [7, 11) is 1.64. The van der Waals surface area contributed by atoms with Gasteiger partial charge in [-0.25, -0.2) is 0 Å². The molecule has 0 saturated carbocycles. The molecule has 0 saturated heterocycles. The monoisotopic (exact) mass is 318 g/mol. The average Bonchev–Trinajstić information content (AvgIpc) is 3.06. The molecule has 0 amide bonds. The van der Waals surface area contributed by atoms with Crippen LogP contribution < -0.4 is 5.32 Å². The van der Waals surface area contributed by atoms with E-state index < -0.39 is 4.92 Å². The van der Waals surface area contributed by atoms with Gasteiger partial charge in [0.25, 0.3) is 4.96 Å². The molecule has 3 aromatic rings. The quantitative estimate of drug-likeness (QED) is 0.558. The van der Waals surface area contributed by atoms with E-state index >= 15 is 0 Å². The van der Waals surface area contributed by atoms with Crippen LogP contribution in [0.4, 0.5) is 11.6 Å². The third-order valence-electron chi connectivity index (χ3n) is 3.27. The average molecular weight is 318 g/mol. The van der Waals surface area contributed by atoms with Gasteiger partial charge in [-0.2, -0.15) is 9.38 Å². The second kappa shape index (κ2) is 6.12. The minimum atomic E-state index is -0.421. The van der Waals surface area contributed by atoms with Crippen molar-refractivity contribution in [2.45, 2.75) is 13.2 Å². The normalized spacial score (nSPS) is 11.0. The van der Waals surface area contributed by atoms with Crippen LogP contribution in [0.1, 0.15) is 11.1 Å². The second-order valence-electron chi connectivity index (χ2n) is 4.65. The van der Waals surface area contributed by atoms with Gasteiger partial charge in [0, 0.05) is 19.0 Å². The molecule has 22 heavy (non-hydrogen) atoms. The lowest BCUT2D eigenvalue weighted by Crippen LogP contribution is -2.06. The van der Waals surface area contributed by atoms with Crippen molar-refractivity contribution in [1.82, 2.24) is 9.38 Å². The first-order chi connectivity index (χ1) is 10.7. The van der Waals surface area contributed by atoms with Crippen LogP contribution in [-0.2, 0) is 17.9 Å². The van der Waals surface area contributed by atoms with Gasteiger partial charge in [0.05, 0.1) is 6.61 Å². The Bertz CT molecular complexity index is 811. The summed E-state index contributed by atoms with van der Waals surface area (Å²) in [4.78, 5) is 15.7. The lowest BCUT2D eigenvalue weighted by molar-refractivity contribution is -0.389. The Kier molecular flexibility index (Phi) is 4.03. The molecular weight excluding hydrogens is 304 g/mol. The molecule has 3 rings (SSSR count). The molecule has 0 bridgehead atoms. The molecule has 0 radical (unpaired) electrons. The Morgan fingerprint density at radius 1 is 1.41 bits per heavy atom.